The Bertz CT molecular complexity index is 295. The van der Waals surface area contributed by atoms with Crippen molar-refractivity contribution in [1.29, 1.82) is 0 Å². The molecule has 1 aliphatic heterocycles. The van der Waals surface area contributed by atoms with E-state index in [0.29, 0.717) is 6.61 Å². The number of hydrogen-bond donors (Lipinski definition) is 1. The fraction of sp³-hybridized carbons (Fsp3) is 0.700. The van der Waals surface area contributed by atoms with Gasteiger partial charge in [0.25, 0.3) is 0 Å². The maximum Gasteiger partial charge on any atom is 0.157 e. The van der Waals surface area contributed by atoms with Crippen molar-refractivity contribution in [3.05, 3.63) is 12.4 Å². The lowest BCUT2D eigenvalue weighted by molar-refractivity contribution is 0.000177. The number of ether oxygens (including phenoxy) is 2. The molecule has 0 saturated carbocycles. The Morgan fingerprint density at radius 2 is 2.67 bits per heavy atom. The lowest BCUT2D eigenvalue weighted by Crippen LogP contribution is -2.41. The van der Waals surface area contributed by atoms with Crippen LogP contribution >= 0.6 is 0 Å². The quantitative estimate of drug-likeness (QED) is 0.776. The highest BCUT2D eigenvalue weighted by Crippen LogP contribution is 2.09. The van der Waals surface area contributed by atoms with Crippen molar-refractivity contribution in [3.63, 3.8) is 0 Å². The lowest BCUT2D eigenvalue weighted by Gasteiger charge is -2.23. The third kappa shape index (κ3) is 2.94. The number of aryl methyl sites for hydroxylation is 1. The van der Waals surface area contributed by atoms with Gasteiger partial charge in [0, 0.05) is 19.6 Å². The van der Waals surface area contributed by atoms with Crippen molar-refractivity contribution in [3.8, 4) is 5.75 Å². The average molecular weight is 211 g/mol. The first-order valence-electron chi connectivity index (χ1n) is 5.36. The summed E-state index contributed by atoms with van der Waals surface area (Å²) in [4.78, 5) is 0. The molecule has 0 aromatic carbocycles. The molecule has 84 valence electrons. The van der Waals surface area contributed by atoms with Crippen LogP contribution in [0.1, 0.15) is 6.92 Å². The van der Waals surface area contributed by atoms with Crippen LogP contribution in [0.25, 0.3) is 0 Å². The second-order valence-corrected chi connectivity index (χ2v) is 3.54. The molecule has 15 heavy (non-hydrogen) atoms. The third-order valence-corrected chi connectivity index (χ3v) is 2.37. The van der Waals surface area contributed by atoms with Crippen LogP contribution in [-0.2, 0) is 11.3 Å². The zero-order chi connectivity index (χ0) is 10.5. The predicted molar refractivity (Wildman–Crippen MR) is 56.0 cm³/mol. The summed E-state index contributed by atoms with van der Waals surface area (Å²) in [5, 5.41) is 7.40. The number of morpholine rings is 1. The Hall–Kier alpha value is -1.07. The molecule has 0 radical (unpaired) electrons. The summed E-state index contributed by atoms with van der Waals surface area (Å²) in [6.45, 7) is 6.06. The van der Waals surface area contributed by atoms with E-state index in [2.05, 4.69) is 10.4 Å². The van der Waals surface area contributed by atoms with Crippen LogP contribution in [0.3, 0.4) is 0 Å². The summed E-state index contributed by atoms with van der Waals surface area (Å²) in [5.41, 5.74) is 0. The number of rotatable bonds is 4. The van der Waals surface area contributed by atoms with Crippen molar-refractivity contribution < 1.29 is 9.47 Å². The van der Waals surface area contributed by atoms with Crippen LogP contribution < -0.4 is 10.1 Å². The van der Waals surface area contributed by atoms with Crippen molar-refractivity contribution in [1.82, 2.24) is 15.1 Å². The summed E-state index contributed by atoms with van der Waals surface area (Å²) in [6.07, 6.45) is 3.79. The first kappa shape index (κ1) is 10.4. The van der Waals surface area contributed by atoms with Crippen LogP contribution in [-0.4, -0.2) is 42.2 Å². The Balaban J connectivity index is 1.76. The van der Waals surface area contributed by atoms with Crippen LogP contribution in [0.5, 0.6) is 5.75 Å². The Morgan fingerprint density at radius 3 is 3.33 bits per heavy atom. The average Bonchev–Trinajstić information content (AvgIpc) is 2.76. The molecule has 0 bridgehead atoms. The summed E-state index contributed by atoms with van der Waals surface area (Å²) in [6, 6.07) is 0. The highest BCUT2D eigenvalue weighted by Gasteiger charge is 2.14. The van der Waals surface area contributed by atoms with Gasteiger partial charge in [-0.2, -0.15) is 5.10 Å². The van der Waals surface area contributed by atoms with Crippen LogP contribution in [0, 0.1) is 0 Å². The van der Waals surface area contributed by atoms with E-state index in [0.717, 1.165) is 32.0 Å². The fourth-order valence-corrected chi connectivity index (χ4v) is 1.51. The lowest BCUT2D eigenvalue weighted by atomic mass is 10.3. The fourth-order valence-electron chi connectivity index (χ4n) is 1.51. The van der Waals surface area contributed by atoms with Crippen molar-refractivity contribution in [2.45, 2.75) is 19.6 Å². The largest absolute Gasteiger partial charge is 0.488 e. The third-order valence-electron chi connectivity index (χ3n) is 2.37. The smallest absolute Gasteiger partial charge is 0.157 e. The molecule has 1 aromatic heterocycles. The van der Waals surface area contributed by atoms with Gasteiger partial charge in [-0.25, -0.2) is 0 Å². The van der Waals surface area contributed by atoms with Crippen LogP contribution in [0.4, 0.5) is 0 Å². The molecule has 1 unspecified atom stereocenters. The van der Waals surface area contributed by atoms with Gasteiger partial charge in [-0.05, 0) is 6.92 Å². The number of hydrogen-bond acceptors (Lipinski definition) is 4. The molecule has 5 heteroatoms. The molecular weight excluding hydrogens is 194 g/mol. The maximum absolute atomic E-state index is 5.58. The van der Waals surface area contributed by atoms with Crippen molar-refractivity contribution in [2.24, 2.45) is 0 Å². The van der Waals surface area contributed by atoms with E-state index >= 15 is 0 Å². The van der Waals surface area contributed by atoms with Crippen molar-refractivity contribution >= 4 is 0 Å². The zero-order valence-corrected chi connectivity index (χ0v) is 8.98. The second kappa shape index (κ2) is 5.14. The predicted octanol–water partition coefficient (Wildman–Crippen LogP) is 0.270. The van der Waals surface area contributed by atoms with Gasteiger partial charge < -0.3 is 14.8 Å². The van der Waals surface area contributed by atoms with Gasteiger partial charge in [0.15, 0.2) is 5.75 Å². The standard InChI is InChI=1S/C10H17N3O2/c1-2-13-7-9(6-12-13)15-8-10-5-11-3-4-14-10/h6-7,10-11H,2-5,8H2,1H3. The van der Waals surface area contributed by atoms with E-state index < -0.39 is 0 Å². The normalized spacial score (nSPS) is 21.5. The molecular formula is C10H17N3O2. The van der Waals surface area contributed by atoms with E-state index in [1.807, 2.05) is 17.8 Å². The minimum Gasteiger partial charge on any atom is -0.488 e. The minimum absolute atomic E-state index is 0.156. The van der Waals surface area contributed by atoms with Crippen molar-refractivity contribution in [2.75, 3.05) is 26.3 Å². The Morgan fingerprint density at radius 1 is 1.73 bits per heavy atom. The molecule has 1 aromatic rings. The number of nitrogens with zero attached hydrogens (tertiary/aromatic N) is 2. The highest BCUT2D eigenvalue weighted by atomic mass is 16.5. The highest BCUT2D eigenvalue weighted by molar-refractivity contribution is 5.11. The molecule has 2 rings (SSSR count). The van der Waals surface area contributed by atoms with Gasteiger partial charge in [0.2, 0.25) is 0 Å². The molecule has 1 fully saturated rings. The molecule has 1 aliphatic rings. The maximum atomic E-state index is 5.58. The molecule has 1 atom stereocenters. The monoisotopic (exact) mass is 211 g/mol. The van der Waals surface area contributed by atoms with Gasteiger partial charge in [-0.3, -0.25) is 4.68 Å². The molecule has 2 heterocycles. The second-order valence-electron chi connectivity index (χ2n) is 3.54. The number of nitrogens with one attached hydrogen (secondary N) is 1. The van der Waals surface area contributed by atoms with Gasteiger partial charge in [0.05, 0.1) is 19.0 Å². The summed E-state index contributed by atoms with van der Waals surface area (Å²) < 4.78 is 12.9. The molecule has 1 saturated heterocycles. The van der Waals surface area contributed by atoms with E-state index in [1.54, 1.807) is 6.20 Å². The van der Waals surface area contributed by atoms with Gasteiger partial charge in [-0.15, -0.1) is 0 Å². The molecule has 5 nitrogen and oxygen atoms in total. The topological polar surface area (TPSA) is 48.3 Å². The Labute approximate surface area is 89.4 Å². The van der Waals surface area contributed by atoms with Crippen LogP contribution in [0.15, 0.2) is 12.4 Å². The summed E-state index contributed by atoms with van der Waals surface area (Å²) in [7, 11) is 0. The molecule has 0 aliphatic carbocycles. The molecule has 1 N–H and O–H groups in total. The molecule has 0 amide bonds. The minimum atomic E-state index is 0.156. The number of aromatic nitrogens is 2. The van der Waals surface area contributed by atoms with E-state index in [9.17, 15) is 0 Å². The van der Waals surface area contributed by atoms with Crippen LogP contribution in [0.2, 0.25) is 0 Å². The van der Waals surface area contributed by atoms with E-state index in [1.165, 1.54) is 0 Å². The summed E-state index contributed by atoms with van der Waals surface area (Å²) >= 11 is 0. The zero-order valence-electron chi connectivity index (χ0n) is 8.98. The van der Waals surface area contributed by atoms with Gasteiger partial charge in [0.1, 0.15) is 12.7 Å². The van der Waals surface area contributed by atoms with E-state index in [4.69, 9.17) is 9.47 Å². The first-order valence-corrected chi connectivity index (χ1v) is 5.36. The molecule has 0 spiro atoms. The first-order chi connectivity index (χ1) is 7.38. The van der Waals surface area contributed by atoms with Gasteiger partial charge >= 0.3 is 0 Å². The Kier molecular flexibility index (Phi) is 3.58. The van der Waals surface area contributed by atoms with Gasteiger partial charge in [-0.1, -0.05) is 0 Å². The summed E-state index contributed by atoms with van der Waals surface area (Å²) in [5.74, 6) is 0.811. The van der Waals surface area contributed by atoms with E-state index in [-0.39, 0.29) is 6.10 Å². The SMILES string of the molecule is CCn1cc(OCC2CNCCO2)cn1.